The molecule has 1 amide bonds. The molecule has 5 nitrogen and oxygen atoms in total. The van der Waals surface area contributed by atoms with Gasteiger partial charge < -0.3 is 16.0 Å². The number of rotatable bonds is 5. The number of carbonyl (C=O) groups excluding carboxylic acids is 1. The smallest absolute Gasteiger partial charge is 0.269 e. The van der Waals surface area contributed by atoms with Crippen molar-refractivity contribution in [2.75, 3.05) is 6.54 Å². The maximum atomic E-state index is 11.8. The van der Waals surface area contributed by atoms with Gasteiger partial charge in [-0.2, -0.15) is 0 Å². The molecule has 0 aliphatic heterocycles. The molecule has 2 heterocycles. The number of H-pyrrole nitrogens is 1. The summed E-state index contributed by atoms with van der Waals surface area (Å²) in [6, 6.07) is 7.42. The molecule has 0 aromatic carbocycles. The molecule has 0 saturated heterocycles. The van der Waals surface area contributed by atoms with Crippen molar-refractivity contribution in [1.82, 2.24) is 15.3 Å². The van der Waals surface area contributed by atoms with Crippen molar-refractivity contribution < 1.29 is 4.79 Å². The number of pyridine rings is 1. The average Bonchev–Trinajstić information content (AvgIpc) is 2.92. The number of aromatic nitrogens is 2. The normalized spacial score (nSPS) is 10.3. The van der Waals surface area contributed by atoms with Crippen LogP contribution in [-0.2, 0) is 13.0 Å². The van der Waals surface area contributed by atoms with Gasteiger partial charge in [-0.25, -0.2) is 0 Å². The largest absolute Gasteiger partial charge is 0.365 e. The second kappa shape index (κ2) is 5.97. The number of carbonyl (C=O) groups is 1. The molecule has 0 unspecified atom stereocenters. The van der Waals surface area contributed by atoms with Crippen LogP contribution >= 0.6 is 0 Å². The van der Waals surface area contributed by atoms with E-state index in [1.54, 1.807) is 12.3 Å². The molecular formula is C13H16N4O. The molecule has 0 spiro atoms. The molecule has 0 fully saturated rings. The number of hydrogen-bond acceptors (Lipinski definition) is 3. The van der Waals surface area contributed by atoms with Gasteiger partial charge in [-0.15, -0.1) is 0 Å². The van der Waals surface area contributed by atoms with Crippen LogP contribution in [0.2, 0.25) is 0 Å². The fraction of sp³-hybridized carbons (Fsp3) is 0.231. The van der Waals surface area contributed by atoms with Gasteiger partial charge >= 0.3 is 0 Å². The highest BCUT2D eigenvalue weighted by Gasteiger charge is 2.06. The molecule has 0 bridgehead atoms. The summed E-state index contributed by atoms with van der Waals surface area (Å²) >= 11 is 0. The van der Waals surface area contributed by atoms with Gasteiger partial charge in [0.25, 0.3) is 5.91 Å². The number of nitrogens with zero attached hydrogens (tertiary/aromatic N) is 1. The minimum Gasteiger partial charge on any atom is -0.365 e. The Morgan fingerprint density at radius 1 is 1.39 bits per heavy atom. The van der Waals surface area contributed by atoms with Gasteiger partial charge in [0, 0.05) is 37.6 Å². The fourth-order valence-electron chi connectivity index (χ4n) is 1.60. The summed E-state index contributed by atoms with van der Waals surface area (Å²) in [4.78, 5) is 18.9. The molecule has 94 valence electrons. The quantitative estimate of drug-likeness (QED) is 0.728. The zero-order valence-electron chi connectivity index (χ0n) is 10.0. The molecule has 5 heteroatoms. The van der Waals surface area contributed by atoms with E-state index in [0.29, 0.717) is 18.8 Å². The number of nitrogens with two attached hydrogens (primary N) is 1. The van der Waals surface area contributed by atoms with Gasteiger partial charge in [-0.05, 0) is 23.8 Å². The van der Waals surface area contributed by atoms with E-state index in [4.69, 9.17) is 5.73 Å². The summed E-state index contributed by atoms with van der Waals surface area (Å²) in [5, 5.41) is 2.82. The molecule has 2 aromatic heterocycles. The van der Waals surface area contributed by atoms with E-state index in [-0.39, 0.29) is 5.91 Å². The van der Waals surface area contributed by atoms with Crippen molar-refractivity contribution >= 4 is 5.91 Å². The number of hydrogen-bond donors (Lipinski definition) is 3. The number of amides is 1. The Labute approximate surface area is 105 Å². The highest BCUT2D eigenvalue weighted by molar-refractivity contribution is 5.92. The molecule has 4 N–H and O–H groups in total. The Morgan fingerprint density at radius 3 is 2.89 bits per heavy atom. The third-order valence-electron chi connectivity index (χ3n) is 2.64. The van der Waals surface area contributed by atoms with Crippen molar-refractivity contribution in [3.8, 4) is 0 Å². The molecule has 0 atom stereocenters. The van der Waals surface area contributed by atoms with Gasteiger partial charge in [-0.3, -0.25) is 9.78 Å². The van der Waals surface area contributed by atoms with E-state index in [1.807, 2.05) is 24.4 Å². The SMILES string of the molecule is NCc1ccc(C(=O)NCCc2ccc[nH]2)nc1. The van der Waals surface area contributed by atoms with E-state index in [0.717, 1.165) is 17.7 Å². The van der Waals surface area contributed by atoms with Crippen molar-refractivity contribution in [2.45, 2.75) is 13.0 Å². The Morgan fingerprint density at radius 2 is 2.28 bits per heavy atom. The summed E-state index contributed by atoms with van der Waals surface area (Å²) in [5.41, 5.74) is 7.90. The highest BCUT2D eigenvalue weighted by Crippen LogP contribution is 2.00. The van der Waals surface area contributed by atoms with Gasteiger partial charge in [0.1, 0.15) is 5.69 Å². The topological polar surface area (TPSA) is 83.8 Å². The minimum atomic E-state index is -0.162. The first-order valence-electron chi connectivity index (χ1n) is 5.85. The van der Waals surface area contributed by atoms with Crippen LogP contribution in [0.1, 0.15) is 21.7 Å². The lowest BCUT2D eigenvalue weighted by Crippen LogP contribution is -2.26. The molecule has 2 rings (SSSR count). The highest BCUT2D eigenvalue weighted by atomic mass is 16.1. The van der Waals surface area contributed by atoms with Gasteiger partial charge in [0.2, 0.25) is 0 Å². The third kappa shape index (κ3) is 3.18. The van der Waals surface area contributed by atoms with Crippen LogP contribution in [0.3, 0.4) is 0 Å². The van der Waals surface area contributed by atoms with E-state index in [1.165, 1.54) is 0 Å². The fourth-order valence-corrected chi connectivity index (χ4v) is 1.60. The molecule has 18 heavy (non-hydrogen) atoms. The summed E-state index contributed by atoms with van der Waals surface area (Å²) in [6.45, 7) is 1.02. The van der Waals surface area contributed by atoms with Crippen LogP contribution in [0, 0.1) is 0 Å². The van der Waals surface area contributed by atoms with Crippen LogP contribution in [0.25, 0.3) is 0 Å². The van der Waals surface area contributed by atoms with E-state index in [9.17, 15) is 4.79 Å². The Hall–Kier alpha value is -2.14. The van der Waals surface area contributed by atoms with Crippen LogP contribution < -0.4 is 11.1 Å². The van der Waals surface area contributed by atoms with Crippen LogP contribution in [0.5, 0.6) is 0 Å². The molecule has 2 aromatic rings. The Bertz CT molecular complexity index is 490. The number of aromatic amines is 1. The van der Waals surface area contributed by atoms with Crippen LogP contribution in [0.4, 0.5) is 0 Å². The number of nitrogens with one attached hydrogen (secondary N) is 2. The van der Waals surface area contributed by atoms with Crippen molar-refractivity contribution in [1.29, 1.82) is 0 Å². The lowest BCUT2D eigenvalue weighted by atomic mass is 10.2. The molecule has 0 saturated carbocycles. The lowest BCUT2D eigenvalue weighted by Gasteiger charge is -2.04. The summed E-state index contributed by atoms with van der Waals surface area (Å²) < 4.78 is 0. The zero-order chi connectivity index (χ0) is 12.8. The van der Waals surface area contributed by atoms with E-state index < -0.39 is 0 Å². The Balaban J connectivity index is 1.83. The zero-order valence-corrected chi connectivity index (χ0v) is 10.0. The van der Waals surface area contributed by atoms with Gasteiger partial charge in [0.05, 0.1) is 0 Å². The standard InChI is InChI=1S/C13H16N4O/c14-8-10-3-4-12(17-9-10)13(18)16-7-5-11-2-1-6-15-11/h1-4,6,9,15H,5,7-8,14H2,(H,16,18). The summed E-state index contributed by atoms with van der Waals surface area (Å²) in [6.07, 6.45) is 4.27. The third-order valence-corrected chi connectivity index (χ3v) is 2.64. The van der Waals surface area contributed by atoms with E-state index >= 15 is 0 Å². The van der Waals surface area contributed by atoms with Crippen LogP contribution in [0.15, 0.2) is 36.7 Å². The van der Waals surface area contributed by atoms with Crippen LogP contribution in [-0.4, -0.2) is 22.4 Å². The summed E-state index contributed by atoms with van der Waals surface area (Å²) in [5.74, 6) is -0.162. The predicted molar refractivity (Wildman–Crippen MR) is 69.0 cm³/mol. The van der Waals surface area contributed by atoms with Crippen molar-refractivity contribution in [2.24, 2.45) is 5.73 Å². The second-order valence-electron chi connectivity index (χ2n) is 3.96. The summed E-state index contributed by atoms with van der Waals surface area (Å²) in [7, 11) is 0. The monoisotopic (exact) mass is 244 g/mol. The molecule has 0 aliphatic rings. The maximum absolute atomic E-state index is 11.8. The first-order chi connectivity index (χ1) is 8.79. The average molecular weight is 244 g/mol. The van der Waals surface area contributed by atoms with Crippen molar-refractivity contribution in [3.63, 3.8) is 0 Å². The first kappa shape index (κ1) is 12.3. The maximum Gasteiger partial charge on any atom is 0.269 e. The van der Waals surface area contributed by atoms with Gasteiger partial charge in [0.15, 0.2) is 0 Å². The molecule has 0 aliphatic carbocycles. The lowest BCUT2D eigenvalue weighted by molar-refractivity contribution is 0.0949. The van der Waals surface area contributed by atoms with Gasteiger partial charge in [-0.1, -0.05) is 6.07 Å². The molecular weight excluding hydrogens is 228 g/mol. The predicted octanol–water partition coefficient (Wildman–Crippen LogP) is 0.841. The minimum absolute atomic E-state index is 0.162. The second-order valence-corrected chi connectivity index (χ2v) is 3.96. The Kier molecular flexibility index (Phi) is 4.09. The van der Waals surface area contributed by atoms with Crippen molar-refractivity contribution in [3.05, 3.63) is 53.6 Å². The van der Waals surface area contributed by atoms with E-state index in [2.05, 4.69) is 15.3 Å². The first-order valence-corrected chi connectivity index (χ1v) is 5.85. The molecule has 0 radical (unpaired) electrons.